The van der Waals surface area contributed by atoms with Crippen LogP contribution in [0.25, 0.3) is 0 Å². The van der Waals surface area contributed by atoms with Crippen molar-refractivity contribution in [1.82, 2.24) is 9.13 Å². The van der Waals surface area contributed by atoms with E-state index >= 15 is 0 Å². The van der Waals surface area contributed by atoms with Crippen molar-refractivity contribution in [3.05, 3.63) is 55.7 Å². The molecule has 0 radical (unpaired) electrons. The number of fused-ring (bicyclic) bond motifs is 1. The van der Waals surface area contributed by atoms with E-state index in [9.17, 15) is 14.7 Å². The van der Waals surface area contributed by atoms with Crippen LogP contribution >= 0.6 is 11.6 Å². The zero-order valence-corrected chi connectivity index (χ0v) is 17.6. The lowest BCUT2D eigenvalue weighted by atomic mass is 10.0. The van der Waals surface area contributed by atoms with Crippen LogP contribution in [0, 0.1) is 5.92 Å². The molecule has 0 fully saturated rings. The van der Waals surface area contributed by atoms with Gasteiger partial charge in [-0.25, -0.2) is 4.79 Å². The van der Waals surface area contributed by atoms with Crippen LogP contribution in [-0.2, 0) is 20.1 Å². The first-order chi connectivity index (χ1) is 13.8. The number of rotatable bonds is 7. The number of halogens is 1. The summed E-state index contributed by atoms with van der Waals surface area (Å²) >= 11 is 5.99. The Kier molecular flexibility index (Phi) is 6.36. The monoisotopic (exact) mass is 422 g/mol. The van der Waals surface area contributed by atoms with E-state index < -0.39 is 23.5 Å². The minimum atomic E-state index is -0.768. The maximum absolute atomic E-state index is 13.2. The summed E-state index contributed by atoms with van der Waals surface area (Å²) in [4.78, 5) is 27.7. The zero-order chi connectivity index (χ0) is 21.3. The fraction of sp³-hybridized carbons (Fsp3) is 0.500. The molecule has 0 spiro atoms. The maximum Gasteiger partial charge on any atom is 0.332 e. The lowest BCUT2D eigenvalue weighted by molar-refractivity contribution is 0.104. The topological polar surface area (TPSA) is 99.7 Å². The second kappa shape index (κ2) is 8.61. The molecule has 1 aliphatic heterocycles. The standard InChI is InChI=1S/C20H27ClN4O4/c1-12(2)16(27)18-22-17-15(25(18)11-13-5-7-14(21)8-6-13)19(28)24(9-4-10-26)20(29)23(17)3/h5-8,12,16,18,22,26-27H,4,9-11H2,1-3H3. The van der Waals surface area contributed by atoms with Crippen molar-refractivity contribution in [1.29, 1.82) is 0 Å². The van der Waals surface area contributed by atoms with E-state index in [1.54, 1.807) is 24.1 Å². The molecule has 0 aliphatic carbocycles. The third-order valence-electron chi connectivity index (χ3n) is 5.25. The molecule has 2 heterocycles. The first-order valence-electron chi connectivity index (χ1n) is 9.66. The van der Waals surface area contributed by atoms with Gasteiger partial charge >= 0.3 is 5.69 Å². The number of hydrogen-bond donors (Lipinski definition) is 3. The number of nitrogens with zero attached hydrogens (tertiary/aromatic N) is 3. The predicted octanol–water partition coefficient (Wildman–Crippen LogP) is 1.36. The minimum absolute atomic E-state index is 0.0665. The predicted molar refractivity (Wildman–Crippen MR) is 114 cm³/mol. The molecule has 29 heavy (non-hydrogen) atoms. The van der Waals surface area contributed by atoms with E-state index in [4.69, 9.17) is 16.7 Å². The summed E-state index contributed by atoms with van der Waals surface area (Å²) in [5.41, 5.74) is 0.363. The molecule has 1 aromatic carbocycles. The molecule has 2 atom stereocenters. The highest BCUT2D eigenvalue weighted by Gasteiger charge is 2.39. The summed E-state index contributed by atoms with van der Waals surface area (Å²) in [5.74, 6) is 0.321. The number of aliphatic hydroxyl groups is 2. The molecule has 0 saturated heterocycles. The fourth-order valence-electron chi connectivity index (χ4n) is 3.56. The minimum Gasteiger partial charge on any atom is -0.396 e. The number of anilines is 2. The van der Waals surface area contributed by atoms with Gasteiger partial charge in [0.1, 0.15) is 17.7 Å². The zero-order valence-electron chi connectivity index (χ0n) is 16.8. The molecule has 0 bridgehead atoms. The number of aromatic nitrogens is 2. The summed E-state index contributed by atoms with van der Waals surface area (Å²) in [5, 5.41) is 23.7. The Labute approximate surface area is 174 Å². The van der Waals surface area contributed by atoms with Crippen LogP contribution in [-0.4, -0.2) is 38.2 Å². The molecule has 8 nitrogen and oxygen atoms in total. The number of nitrogens with one attached hydrogen (secondary N) is 1. The molecule has 158 valence electrons. The van der Waals surface area contributed by atoms with Crippen LogP contribution in [0.15, 0.2) is 33.9 Å². The van der Waals surface area contributed by atoms with Gasteiger partial charge in [-0.15, -0.1) is 0 Å². The van der Waals surface area contributed by atoms with Gasteiger partial charge in [-0.1, -0.05) is 37.6 Å². The Hall–Kier alpha value is -2.29. The van der Waals surface area contributed by atoms with Crippen molar-refractivity contribution in [2.45, 2.75) is 45.6 Å². The highest BCUT2D eigenvalue weighted by molar-refractivity contribution is 6.30. The first kappa shape index (κ1) is 21.4. The average molecular weight is 423 g/mol. The van der Waals surface area contributed by atoms with Gasteiger partial charge < -0.3 is 20.4 Å². The van der Waals surface area contributed by atoms with Crippen molar-refractivity contribution in [3.8, 4) is 0 Å². The average Bonchev–Trinajstić information content (AvgIpc) is 3.06. The van der Waals surface area contributed by atoms with Crippen molar-refractivity contribution in [2.24, 2.45) is 13.0 Å². The molecule has 0 amide bonds. The van der Waals surface area contributed by atoms with Crippen LogP contribution in [0.2, 0.25) is 5.02 Å². The molecular weight excluding hydrogens is 396 g/mol. The Balaban J connectivity index is 2.13. The number of benzene rings is 1. The van der Waals surface area contributed by atoms with Crippen LogP contribution < -0.4 is 21.5 Å². The largest absolute Gasteiger partial charge is 0.396 e. The van der Waals surface area contributed by atoms with Gasteiger partial charge in [-0.2, -0.15) is 0 Å². The van der Waals surface area contributed by atoms with Crippen LogP contribution in [0.5, 0.6) is 0 Å². The molecule has 3 rings (SSSR count). The summed E-state index contributed by atoms with van der Waals surface area (Å²) in [6.07, 6.45) is -1.03. The van der Waals surface area contributed by atoms with E-state index in [-0.39, 0.29) is 19.1 Å². The Bertz CT molecular complexity index is 984. The Morgan fingerprint density at radius 1 is 1.21 bits per heavy atom. The highest BCUT2D eigenvalue weighted by Crippen LogP contribution is 2.34. The number of hydrogen-bond acceptors (Lipinski definition) is 6. The van der Waals surface area contributed by atoms with E-state index in [2.05, 4.69) is 5.32 Å². The molecule has 2 aromatic rings. The van der Waals surface area contributed by atoms with Gasteiger partial charge in [0.15, 0.2) is 0 Å². The van der Waals surface area contributed by atoms with Gasteiger partial charge in [0, 0.05) is 31.8 Å². The molecule has 0 saturated carbocycles. The summed E-state index contributed by atoms with van der Waals surface area (Å²) in [7, 11) is 1.59. The molecule has 3 N–H and O–H groups in total. The van der Waals surface area contributed by atoms with Crippen molar-refractivity contribution < 1.29 is 10.2 Å². The lowest BCUT2D eigenvalue weighted by Crippen LogP contribution is -2.48. The van der Waals surface area contributed by atoms with E-state index in [0.717, 1.165) is 10.1 Å². The number of aliphatic hydroxyl groups excluding tert-OH is 2. The normalized spacial score (nSPS) is 16.8. The molecule has 2 unspecified atom stereocenters. The third-order valence-corrected chi connectivity index (χ3v) is 5.50. The van der Waals surface area contributed by atoms with Gasteiger partial charge in [-0.05, 0) is 30.0 Å². The molecule has 1 aliphatic rings. The Morgan fingerprint density at radius 3 is 2.45 bits per heavy atom. The van der Waals surface area contributed by atoms with Crippen LogP contribution in [0.3, 0.4) is 0 Å². The highest BCUT2D eigenvalue weighted by atomic mass is 35.5. The SMILES string of the molecule is CC(C)C(O)C1Nc2c(c(=O)n(CCCO)c(=O)n2C)N1Cc1ccc(Cl)cc1. The quantitative estimate of drug-likeness (QED) is 0.623. The van der Waals surface area contributed by atoms with E-state index in [0.29, 0.717) is 29.5 Å². The second-order valence-corrected chi connectivity index (χ2v) is 8.09. The van der Waals surface area contributed by atoms with Gasteiger partial charge in [0.25, 0.3) is 5.56 Å². The molecule has 1 aromatic heterocycles. The maximum atomic E-state index is 13.2. The summed E-state index contributed by atoms with van der Waals surface area (Å²) in [6.45, 7) is 4.16. The van der Waals surface area contributed by atoms with Crippen molar-refractivity contribution >= 4 is 23.1 Å². The summed E-state index contributed by atoms with van der Waals surface area (Å²) in [6, 6.07) is 7.28. The second-order valence-electron chi connectivity index (χ2n) is 7.65. The Morgan fingerprint density at radius 2 is 1.86 bits per heavy atom. The van der Waals surface area contributed by atoms with Gasteiger partial charge in [0.2, 0.25) is 0 Å². The smallest absolute Gasteiger partial charge is 0.332 e. The fourth-order valence-corrected chi connectivity index (χ4v) is 3.68. The third kappa shape index (κ3) is 4.05. The van der Waals surface area contributed by atoms with Crippen LogP contribution in [0.4, 0.5) is 11.5 Å². The van der Waals surface area contributed by atoms with Crippen molar-refractivity contribution in [3.63, 3.8) is 0 Å². The van der Waals surface area contributed by atoms with E-state index in [1.807, 2.05) is 26.0 Å². The van der Waals surface area contributed by atoms with Gasteiger partial charge in [0.05, 0.1) is 6.10 Å². The van der Waals surface area contributed by atoms with Crippen LogP contribution in [0.1, 0.15) is 25.8 Å². The lowest BCUT2D eigenvalue weighted by Gasteiger charge is -2.31. The summed E-state index contributed by atoms with van der Waals surface area (Å²) < 4.78 is 2.52. The first-order valence-corrected chi connectivity index (χ1v) is 10.0. The molecular formula is C20H27ClN4O4. The van der Waals surface area contributed by atoms with Crippen molar-refractivity contribution in [2.75, 3.05) is 16.8 Å². The molecule has 9 heteroatoms. The van der Waals surface area contributed by atoms with Gasteiger partial charge in [-0.3, -0.25) is 13.9 Å². The van der Waals surface area contributed by atoms with E-state index in [1.165, 1.54) is 4.57 Å².